The topological polar surface area (TPSA) is 17.1 Å². The van der Waals surface area contributed by atoms with Crippen LogP contribution in [0.1, 0.15) is 15.2 Å². The van der Waals surface area contributed by atoms with Gasteiger partial charge in [-0.3, -0.25) is 4.79 Å². The lowest BCUT2D eigenvalue weighted by atomic mass is 10.1. The van der Waals surface area contributed by atoms with E-state index in [4.69, 9.17) is 11.6 Å². The van der Waals surface area contributed by atoms with Crippen LogP contribution in [0, 0.1) is 5.82 Å². The van der Waals surface area contributed by atoms with Crippen LogP contribution in [-0.4, -0.2) is 5.78 Å². The molecule has 0 bridgehead atoms. The molecule has 15 heavy (non-hydrogen) atoms. The Labute approximate surface area is 95.1 Å². The maximum absolute atomic E-state index is 12.6. The number of hydrogen-bond donors (Lipinski definition) is 0. The summed E-state index contributed by atoms with van der Waals surface area (Å²) in [6.45, 7) is 0. The van der Waals surface area contributed by atoms with Crippen molar-refractivity contribution >= 4 is 28.7 Å². The van der Waals surface area contributed by atoms with Crippen molar-refractivity contribution in [1.82, 2.24) is 0 Å². The summed E-state index contributed by atoms with van der Waals surface area (Å²) in [5, 5.41) is 0. The van der Waals surface area contributed by atoms with Crippen molar-refractivity contribution in [3.8, 4) is 0 Å². The highest BCUT2D eigenvalue weighted by atomic mass is 35.5. The van der Waals surface area contributed by atoms with E-state index in [0.29, 0.717) is 14.8 Å². The summed E-state index contributed by atoms with van der Waals surface area (Å²) >= 11 is 6.94. The summed E-state index contributed by atoms with van der Waals surface area (Å²) in [6, 6.07) is 8.79. The van der Waals surface area contributed by atoms with Crippen molar-refractivity contribution in [2.75, 3.05) is 0 Å². The number of rotatable bonds is 2. The summed E-state index contributed by atoms with van der Waals surface area (Å²) in [5.41, 5.74) is 0.468. The second kappa shape index (κ2) is 4.13. The second-order valence-corrected chi connectivity index (χ2v) is 4.65. The largest absolute Gasteiger partial charge is 0.288 e. The van der Waals surface area contributed by atoms with Crippen molar-refractivity contribution in [1.29, 1.82) is 0 Å². The molecule has 2 aromatic rings. The first-order valence-corrected chi connectivity index (χ1v) is 5.42. The lowest BCUT2D eigenvalue weighted by molar-refractivity contribution is 0.104. The molecule has 0 amide bonds. The molecule has 0 fully saturated rings. The number of ketones is 1. The number of carbonyl (C=O) groups is 1. The van der Waals surface area contributed by atoms with Gasteiger partial charge in [0.05, 0.1) is 9.21 Å². The minimum Gasteiger partial charge on any atom is -0.288 e. The number of hydrogen-bond acceptors (Lipinski definition) is 2. The Morgan fingerprint density at radius 1 is 1.13 bits per heavy atom. The van der Waals surface area contributed by atoms with Gasteiger partial charge in [-0.05, 0) is 36.4 Å². The lowest BCUT2D eigenvalue weighted by Crippen LogP contribution is -1.97. The van der Waals surface area contributed by atoms with Gasteiger partial charge in [0, 0.05) is 5.56 Å². The van der Waals surface area contributed by atoms with Crippen LogP contribution >= 0.6 is 22.9 Å². The van der Waals surface area contributed by atoms with Crippen LogP contribution in [0.25, 0.3) is 0 Å². The molecule has 1 heterocycles. The fourth-order valence-corrected chi connectivity index (χ4v) is 2.19. The van der Waals surface area contributed by atoms with E-state index >= 15 is 0 Å². The summed E-state index contributed by atoms with van der Waals surface area (Å²) in [7, 11) is 0. The minimum atomic E-state index is -0.351. The Morgan fingerprint density at radius 3 is 2.33 bits per heavy atom. The van der Waals surface area contributed by atoms with Crippen LogP contribution in [0.15, 0.2) is 36.4 Å². The minimum absolute atomic E-state index is 0.132. The zero-order chi connectivity index (χ0) is 10.8. The molecule has 0 aliphatic rings. The standard InChI is InChI=1S/C11H6ClFOS/c12-10-6-5-9(15-10)11(14)7-1-3-8(13)4-2-7/h1-6H. The molecule has 0 saturated heterocycles. The number of thiophene rings is 1. The zero-order valence-electron chi connectivity index (χ0n) is 7.54. The van der Waals surface area contributed by atoms with E-state index in [1.165, 1.54) is 35.6 Å². The van der Waals surface area contributed by atoms with Crippen LogP contribution < -0.4 is 0 Å². The van der Waals surface area contributed by atoms with Crippen LogP contribution in [0.2, 0.25) is 4.34 Å². The quantitative estimate of drug-likeness (QED) is 0.731. The van der Waals surface area contributed by atoms with Crippen molar-refractivity contribution in [2.24, 2.45) is 0 Å². The van der Waals surface area contributed by atoms with Gasteiger partial charge in [0.1, 0.15) is 5.82 Å². The maximum Gasteiger partial charge on any atom is 0.202 e. The zero-order valence-corrected chi connectivity index (χ0v) is 9.11. The summed E-state index contributed by atoms with van der Waals surface area (Å²) in [4.78, 5) is 12.4. The van der Waals surface area contributed by atoms with Gasteiger partial charge in [-0.2, -0.15) is 0 Å². The Kier molecular flexibility index (Phi) is 2.84. The van der Waals surface area contributed by atoms with Gasteiger partial charge in [0.15, 0.2) is 0 Å². The van der Waals surface area contributed by atoms with E-state index in [2.05, 4.69) is 0 Å². The third-order valence-electron chi connectivity index (χ3n) is 1.90. The molecule has 0 aliphatic carbocycles. The maximum atomic E-state index is 12.6. The summed E-state index contributed by atoms with van der Waals surface area (Å²) < 4.78 is 13.2. The lowest BCUT2D eigenvalue weighted by Gasteiger charge is -1.96. The van der Waals surface area contributed by atoms with E-state index in [1.807, 2.05) is 0 Å². The predicted molar refractivity (Wildman–Crippen MR) is 59.2 cm³/mol. The third-order valence-corrected chi connectivity index (χ3v) is 3.13. The fourth-order valence-electron chi connectivity index (χ4n) is 1.18. The van der Waals surface area contributed by atoms with E-state index in [0.717, 1.165) is 0 Å². The molecule has 1 aromatic carbocycles. The first kappa shape index (κ1) is 10.3. The number of halogens is 2. The molecule has 0 radical (unpaired) electrons. The fraction of sp³-hybridized carbons (Fsp3) is 0. The van der Waals surface area contributed by atoms with Crippen LogP contribution in [-0.2, 0) is 0 Å². The Morgan fingerprint density at radius 2 is 1.80 bits per heavy atom. The van der Waals surface area contributed by atoms with E-state index in [9.17, 15) is 9.18 Å². The number of carbonyl (C=O) groups excluding carboxylic acids is 1. The van der Waals surface area contributed by atoms with Gasteiger partial charge in [0.2, 0.25) is 5.78 Å². The monoisotopic (exact) mass is 240 g/mol. The van der Waals surface area contributed by atoms with E-state index < -0.39 is 0 Å². The summed E-state index contributed by atoms with van der Waals surface area (Å²) in [6.07, 6.45) is 0. The van der Waals surface area contributed by atoms with Crippen molar-refractivity contribution in [3.63, 3.8) is 0 Å². The molecule has 0 aliphatic heterocycles. The molecule has 2 rings (SSSR count). The van der Waals surface area contributed by atoms with Crippen LogP contribution in [0.5, 0.6) is 0 Å². The highest BCUT2D eigenvalue weighted by molar-refractivity contribution is 7.18. The first-order chi connectivity index (χ1) is 7.16. The molecular weight excluding hydrogens is 235 g/mol. The highest BCUT2D eigenvalue weighted by Gasteiger charge is 2.11. The van der Waals surface area contributed by atoms with Gasteiger partial charge in [-0.15, -0.1) is 11.3 Å². The third kappa shape index (κ3) is 2.25. The van der Waals surface area contributed by atoms with Gasteiger partial charge in [-0.1, -0.05) is 11.6 Å². The second-order valence-electron chi connectivity index (χ2n) is 2.94. The molecular formula is C11H6ClFOS. The van der Waals surface area contributed by atoms with Gasteiger partial charge >= 0.3 is 0 Å². The molecule has 1 aromatic heterocycles. The molecule has 0 N–H and O–H groups in total. The molecule has 0 unspecified atom stereocenters. The van der Waals surface area contributed by atoms with Gasteiger partial charge in [0.25, 0.3) is 0 Å². The predicted octanol–water partition coefficient (Wildman–Crippen LogP) is 3.77. The molecule has 0 spiro atoms. The van der Waals surface area contributed by atoms with Crippen LogP contribution in [0.3, 0.4) is 0 Å². The normalized spacial score (nSPS) is 10.3. The summed E-state index contributed by atoms with van der Waals surface area (Å²) in [5.74, 6) is -0.484. The first-order valence-electron chi connectivity index (χ1n) is 4.22. The average molecular weight is 241 g/mol. The molecule has 0 saturated carbocycles. The average Bonchev–Trinajstić information content (AvgIpc) is 2.65. The van der Waals surface area contributed by atoms with Crippen molar-refractivity contribution in [3.05, 3.63) is 57.0 Å². The Balaban J connectivity index is 2.32. The smallest absolute Gasteiger partial charge is 0.202 e. The van der Waals surface area contributed by atoms with E-state index in [-0.39, 0.29) is 11.6 Å². The van der Waals surface area contributed by atoms with Crippen LogP contribution in [0.4, 0.5) is 4.39 Å². The SMILES string of the molecule is O=C(c1ccc(F)cc1)c1ccc(Cl)s1. The highest BCUT2D eigenvalue weighted by Crippen LogP contribution is 2.23. The molecule has 1 nitrogen and oxygen atoms in total. The molecule has 0 atom stereocenters. The molecule has 76 valence electrons. The van der Waals surface area contributed by atoms with Gasteiger partial charge < -0.3 is 0 Å². The van der Waals surface area contributed by atoms with Gasteiger partial charge in [-0.25, -0.2) is 4.39 Å². The Hall–Kier alpha value is -1.19. The molecule has 4 heteroatoms. The number of benzene rings is 1. The van der Waals surface area contributed by atoms with Crippen molar-refractivity contribution < 1.29 is 9.18 Å². The van der Waals surface area contributed by atoms with E-state index in [1.54, 1.807) is 12.1 Å². The Bertz CT molecular complexity index is 490. The van der Waals surface area contributed by atoms with Crippen molar-refractivity contribution in [2.45, 2.75) is 0 Å².